The van der Waals surface area contributed by atoms with Crippen LogP contribution in [0.1, 0.15) is 43.9 Å². The summed E-state index contributed by atoms with van der Waals surface area (Å²) in [7, 11) is 0. The van der Waals surface area contributed by atoms with Crippen molar-refractivity contribution in [3.05, 3.63) is 29.1 Å². The largest absolute Gasteiger partial charge is 0.440 e. The molecule has 6 rings (SSSR count). The molecule has 4 fully saturated rings. The third-order valence-electron chi connectivity index (χ3n) is 7.30. The van der Waals surface area contributed by atoms with E-state index in [1.807, 2.05) is 23.1 Å². The predicted molar refractivity (Wildman–Crippen MR) is 104 cm³/mol. The first-order valence-corrected chi connectivity index (χ1v) is 10.6. The van der Waals surface area contributed by atoms with E-state index in [1.165, 1.54) is 0 Å². The highest BCUT2D eigenvalue weighted by Crippen LogP contribution is 2.62. The molecule has 2 aliphatic carbocycles. The van der Waals surface area contributed by atoms with Gasteiger partial charge in [0.15, 0.2) is 11.5 Å². The molecule has 2 saturated carbocycles. The summed E-state index contributed by atoms with van der Waals surface area (Å²) in [5.41, 5.74) is 2.26. The minimum absolute atomic E-state index is 0.107. The maximum Gasteiger partial charge on any atom is 0.317 e. The average molecular weight is 402 g/mol. The smallest absolute Gasteiger partial charge is 0.317 e. The van der Waals surface area contributed by atoms with E-state index in [1.54, 1.807) is 0 Å². The van der Waals surface area contributed by atoms with Crippen LogP contribution in [0.5, 0.6) is 0 Å². The third kappa shape index (κ3) is 2.65. The summed E-state index contributed by atoms with van der Waals surface area (Å²) in [6.45, 7) is 3.33. The number of benzene rings is 1. The van der Waals surface area contributed by atoms with E-state index >= 15 is 0 Å². The van der Waals surface area contributed by atoms with Gasteiger partial charge < -0.3 is 19.4 Å². The Morgan fingerprint density at radius 1 is 1.21 bits per heavy atom. The lowest BCUT2D eigenvalue weighted by Gasteiger charge is -2.57. The lowest BCUT2D eigenvalue weighted by Crippen LogP contribution is -2.57. The number of carbonyl (C=O) groups excluding carboxylic acids is 1. The fraction of sp³-hybridized carbons (Fsp3) is 0.619. The number of halogens is 1. The number of hydrogen-bond acceptors (Lipinski definition) is 4. The Balaban J connectivity index is 1.01. The van der Waals surface area contributed by atoms with E-state index < -0.39 is 0 Å². The van der Waals surface area contributed by atoms with Crippen LogP contribution in [0, 0.1) is 10.8 Å². The number of likely N-dealkylation sites (tertiary alicyclic amines) is 1. The van der Waals surface area contributed by atoms with Gasteiger partial charge in [0.1, 0.15) is 5.52 Å². The molecule has 2 saturated heterocycles. The van der Waals surface area contributed by atoms with Crippen LogP contribution in [0.25, 0.3) is 11.1 Å². The molecule has 2 amide bonds. The number of oxazole rings is 1. The Labute approximate surface area is 168 Å². The Bertz CT molecular complexity index is 940. The Morgan fingerprint density at radius 3 is 2.75 bits per heavy atom. The topological polar surface area (TPSA) is 67.6 Å². The van der Waals surface area contributed by atoms with Gasteiger partial charge in [0.05, 0.1) is 13.2 Å². The molecule has 28 heavy (non-hydrogen) atoms. The standard InChI is InChI=1S/C21H24ClN3O3/c22-14-1-2-17-16(5-14)24-18(28-17)13-6-21(7-13)8-15(9-21)23-19(26)25-4-3-20(10-25)11-27-12-20/h1-2,5,13,15H,3-4,6-12H2,(H,23,26). The molecule has 4 aliphatic rings. The Hall–Kier alpha value is -1.79. The molecule has 148 valence electrons. The zero-order valence-corrected chi connectivity index (χ0v) is 16.5. The monoisotopic (exact) mass is 401 g/mol. The van der Waals surface area contributed by atoms with Gasteiger partial charge in [-0.25, -0.2) is 9.78 Å². The van der Waals surface area contributed by atoms with Gasteiger partial charge in [0, 0.05) is 35.5 Å². The second kappa shape index (κ2) is 5.86. The van der Waals surface area contributed by atoms with Crippen molar-refractivity contribution in [1.82, 2.24) is 15.2 Å². The van der Waals surface area contributed by atoms with Crippen LogP contribution in [-0.4, -0.2) is 48.3 Å². The van der Waals surface area contributed by atoms with Crippen molar-refractivity contribution < 1.29 is 13.9 Å². The number of amides is 2. The molecule has 7 heteroatoms. The molecule has 2 aliphatic heterocycles. The summed E-state index contributed by atoms with van der Waals surface area (Å²) in [5.74, 6) is 1.22. The first-order chi connectivity index (χ1) is 13.5. The lowest BCUT2D eigenvalue weighted by molar-refractivity contribution is -0.103. The number of hydrogen-bond donors (Lipinski definition) is 1. The number of ether oxygens (including phenoxy) is 1. The summed E-state index contributed by atoms with van der Waals surface area (Å²) in [6.07, 6.45) is 5.42. The van der Waals surface area contributed by atoms with Crippen LogP contribution >= 0.6 is 11.6 Å². The van der Waals surface area contributed by atoms with Crippen LogP contribution in [0.15, 0.2) is 22.6 Å². The zero-order valence-electron chi connectivity index (χ0n) is 15.7. The second-order valence-electron chi connectivity index (χ2n) is 9.49. The fourth-order valence-corrected chi connectivity index (χ4v) is 5.84. The van der Waals surface area contributed by atoms with Gasteiger partial charge in [-0.3, -0.25) is 0 Å². The highest BCUT2D eigenvalue weighted by molar-refractivity contribution is 6.31. The van der Waals surface area contributed by atoms with Crippen LogP contribution in [0.4, 0.5) is 4.79 Å². The normalized spacial score (nSPS) is 33.0. The van der Waals surface area contributed by atoms with Crippen molar-refractivity contribution in [2.45, 2.75) is 44.1 Å². The number of urea groups is 1. The van der Waals surface area contributed by atoms with E-state index in [0.717, 1.165) is 75.4 Å². The van der Waals surface area contributed by atoms with Crippen molar-refractivity contribution in [3.63, 3.8) is 0 Å². The fourth-order valence-electron chi connectivity index (χ4n) is 5.67. The van der Waals surface area contributed by atoms with Gasteiger partial charge in [-0.15, -0.1) is 0 Å². The molecule has 1 aromatic heterocycles. The van der Waals surface area contributed by atoms with Gasteiger partial charge >= 0.3 is 6.03 Å². The highest BCUT2D eigenvalue weighted by Gasteiger charge is 2.55. The Morgan fingerprint density at radius 2 is 2.04 bits per heavy atom. The van der Waals surface area contributed by atoms with Gasteiger partial charge in [0.25, 0.3) is 0 Å². The summed E-state index contributed by atoms with van der Waals surface area (Å²) < 4.78 is 11.3. The molecule has 1 N–H and O–H groups in total. The van der Waals surface area contributed by atoms with E-state index in [-0.39, 0.29) is 11.4 Å². The number of aromatic nitrogens is 1. The third-order valence-corrected chi connectivity index (χ3v) is 7.54. The molecule has 6 nitrogen and oxygen atoms in total. The van der Waals surface area contributed by atoms with Crippen molar-refractivity contribution in [2.75, 3.05) is 26.3 Å². The minimum Gasteiger partial charge on any atom is -0.440 e. The van der Waals surface area contributed by atoms with Gasteiger partial charge in [-0.2, -0.15) is 0 Å². The van der Waals surface area contributed by atoms with Gasteiger partial charge in [-0.1, -0.05) is 11.6 Å². The molecule has 0 unspecified atom stereocenters. The van der Waals surface area contributed by atoms with E-state index in [4.69, 9.17) is 20.8 Å². The second-order valence-corrected chi connectivity index (χ2v) is 9.92. The van der Waals surface area contributed by atoms with Gasteiger partial charge in [0.2, 0.25) is 0 Å². The molecular formula is C21H24ClN3O3. The number of rotatable bonds is 2. The van der Waals surface area contributed by atoms with Crippen LogP contribution in [0.3, 0.4) is 0 Å². The quantitative estimate of drug-likeness (QED) is 0.827. The van der Waals surface area contributed by atoms with Gasteiger partial charge in [-0.05, 0) is 55.7 Å². The Kier molecular flexibility index (Phi) is 3.58. The van der Waals surface area contributed by atoms with Crippen LogP contribution < -0.4 is 5.32 Å². The molecule has 0 atom stereocenters. The maximum absolute atomic E-state index is 12.5. The maximum atomic E-state index is 12.5. The first kappa shape index (κ1) is 17.1. The highest BCUT2D eigenvalue weighted by atomic mass is 35.5. The number of nitrogens with zero attached hydrogens (tertiary/aromatic N) is 2. The first-order valence-electron chi connectivity index (χ1n) is 10.2. The summed E-state index contributed by atoms with van der Waals surface area (Å²) in [4.78, 5) is 19.1. The van der Waals surface area contributed by atoms with Crippen molar-refractivity contribution in [2.24, 2.45) is 10.8 Å². The number of carbonyl (C=O) groups is 1. The SMILES string of the molecule is O=C(NC1CC2(C1)CC(c1nc3cc(Cl)ccc3o1)C2)N1CCC2(COC2)C1. The van der Waals surface area contributed by atoms with E-state index in [0.29, 0.717) is 22.4 Å². The van der Waals surface area contributed by atoms with Crippen molar-refractivity contribution in [1.29, 1.82) is 0 Å². The molecular weight excluding hydrogens is 378 g/mol. The lowest BCUT2D eigenvalue weighted by atomic mass is 9.50. The van der Waals surface area contributed by atoms with E-state index in [2.05, 4.69) is 10.3 Å². The number of nitrogens with one attached hydrogen (secondary N) is 1. The summed E-state index contributed by atoms with van der Waals surface area (Å²) >= 11 is 6.04. The van der Waals surface area contributed by atoms with Crippen molar-refractivity contribution >= 4 is 28.7 Å². The predicted octanol–water partition coefficient (Wildman–Crippen LogP) is 3.94. The number of fused-ring (bicyclic) bond motifs is 1. The molecule has 0 radical (unpaired) electrons. The van der Waals surface area contributed by atoms with E-state index in [9.17, 15) is 4.79 Å². The molecule has 3 heterocycles. The minimum atomic E-state index is 0.107. The van der Waals surface area contributed by atoms with Crippen LogP contribution in [0.2, 0.25) is 5.02 Å². The zero-order chi connectivity index (χ0) is 18.9. The molecule has 2 spiro atoms. The molecule has 2 aromatic rings. The summed E-state index contributed by atoms with van der Waals surface area (Å²) in [5, 5.41) is 3.93. The van der Waals surface area contributed by atoms with Crippen LogP contribution in [-0.2, 0) is 4.74 Å². The average Bonchev–Trinajstić information content (AvgIpc) is 3.19. The molecule has 0 bridgehead atoms. The molecule has 1 aromatic carbocycles. The summed E-state index contributed by atoms with van der Waals surface area (Å²) in [6, 6.07) is 5.99. The van der Waals surface area contributed by atoms with Crippen molar-refractivity contribution in [3.8, 4) is 0 Å².